The lowest BCUT2D eigenvalue weighted by Gasteiger charge is -1.78. The highest BCUT2D eigenvalue weighted by atomic mass is 32.1. The zero-order valence-electron chi connectivity index (χ0n) is 5.27. The summed E-state index contributed by atoms with van der Waals surface area (Å²) in [6.45, 7) is 0. The topological polar surface area (TPSA) is 67.8 Å². The maximum Gasteiger partial charge on any atom is 0.284 e. The van der Waals surface area contributed by atoms with E-state index in [0.717, 1.165) is 0 Å². The highest BCUT2D eigenvalue weighted by Gasteiger charge is 2.05. The molecule has 1 N–H and O–H groups in total. The van der Waals surface area contributed by atoms with Gasteiger partial charge in [0.25, 0.3) is 10.7 Å². The molecule has 0 atom stereocenters. The van der Waals surface area contributed by atoms with Crippen molar-refractivity contribution in [2.45, 2.75) is 0 Å². The first-order valence-corrected chi connectivity index (χ1v) is 3.23. The molecule has 0 unspecified atom stereocenters. The normalized spacial score (nSPS) is 10.2. The summed E-state index contributed by atoms with van der Waals surface area (Å²) >= 11 is 4.66. The third-order valence-electron chi connectivity index (χ3n) is 1.10. The van der Waals surface area contributed by atoms with Gasteiger partial charge in [-0.1, -0.05) is 5.16 Å². The van der Waals surface area contributed by atoms with Gasteiger partial charge in [-0.25, -0.2) is 5.10 Å². The Morgan fingerprint density at radius 2 is 2.45 bits per heavy atom. The van der Waals surface area contributed by atoms with Crippen LogP contribution in [0.5, 0.6) is 0 Å². The van der Waals surface area contributed by atoms with E-state index in [1.807, 2.05) is 0 Å². The largest absolute Gasteiger partial charge is 0.408 e. The molecule has 0 aliphatic rings. The van der Waals surface area contributed by atoms with Crippen molar-refractivity contribution in [3.05, 3.63) is 17.2 Å². The fourth-order valence-electron chi connectivity index (χ4n) is 0.662. The van der Waals surface area contributed by atoms with Crippen molar-refractivity contribution in [3.8, 4) is 11.6 Å². The molecule has 0 aliphatic heterocycles. The van der Waals surface area contributed by atoms with Crippen LogP contribution in [0.1, 0.15) is 0 Å². The minimum absolute atomic E-state index is 0.225. The van der Waals surface area contributed by atoms with Gasteiger partial charge in [0.1, 0.15) is 6.26 Å². The predicted octanol–water partition coefficient (Wildman–Crippen LogP) is 1.39. The van der Waals surface area contributed by atoms with Gasteiger partial charge in [0.15, 0.2) is 5.69 Å². The average Bonchev–Trinajstić information content (AvgIpc) is 2.55. The predicted molar refractivity (Wildman–Crippen MR) is 37.2 cm³/mol. The number of rotatable bonds is 1. The van der Waals surface area contributed by atoms with E-state index in [4.69, 9.17) is 4.42 Å². The van der Waals surface area contributed by atoms with Gasteiger partial charge in [-0.15, -0.1) is 5.10 Å². The Labute approximate surface area is 66.0 Å². The maximum absolute atomic E-state index is 4.95. The van der Waals surface area contributed by atoms with E-state index in [-0.39, 0.29) is 4.84 Å². The minimum Gasteiger partial charge on any atom is -0.408 e. The van der Waals surface area contributed by atoms with Gasteiger partial charge in [-0.05, 0) is 12.2 Å². The SMILES string of the molecule is S=c1[nH]nc(-c2ccon2)o1. The molecule has 0 radical (unpaired) electrons. The van der Waals surface area contributed by atoms with Crippen molar-refractivity contribution in [2.24, 2.45) is 0 Å². The third kappa shape index (κ3) is 1.07. The summed E-state index contributed by atoms with van der Waals surface area (Å²) in [6, 6.07) is 1.63. The molecule has 0 bridgehead atoms. The molecule has 0 aromatic carbocycles. The number of hydrogen-bond donors (Lipinski definition) is 1. The van der Waals surface area contributed by atoms with Gasteiger partial charge in [0.05, 0.1) is 0 Å². The molecule has 0 amide bonds. The monoisotopic (exact) mass is 169 g/mol. The molecule has 0 saturated carbocycles. The quantitative estimate of drug-likeness (QED) is 0.653. The zero-order chi connectivity index (χ0) is 7.68. The minimum atomic E-state index is 0.225. The van der Waals surface area contributed by atoms with Crippen LogP contribution in [-0.4, -0.2) is 15.4 Å². The van der Waals surface area contributed by atoms with Gasteiger partial charge in [-0.3, -0.25) is 0 Å². The summed E-state index contributed by atoms with van der Waals surface area (Å²) < 4.78 is 9.53. The van der Waals surface area contributed by atoms with Crippen LogP contribution >= 0.6 is 12.2 Å². The maximum atomic E-state index is 4.95. The Bertz CT molecular complexity index is 388. The van der Waals surface area contributed by atoms with Crippen LogP contribution in [0.2, 0.25) is 0 Å². The van der Waals surface area contributed by atoms with Crippen LogP contribution in [0.4, 0.5) is 0 Å². The molecule has 2 rings (SSSR count). The summed E-state index contributed by atoms with van der Waals surface area (Å²) in [5.74, 6) is 0.337. The fraction of sp³-hybridized carbons (Fsp3) is 0. The number of aromatic nitrogens is 3. The molecule has 5 nitrogen and oxygen atoms in total. The van der Waals surface area contributed by atoms with Gasteiger partial charge < -0.3 is 8.94 Å². The molecule has 0 spiro atoms. The van der Waals surface area contributed by atoms with Crippen molar-refractivity contribution in [2.75, 3.05) is 0 Å². The molecular weight excluding hydrogens is 166 g/mol. The molecule has 0 aliphatic carbocycles. The van der Waals surface area contributed by atoms with Crippen LogP contribution in [0.15, 0.2) is 21.3 Å². The molecule has 2 heterocycles. The number of H-pyrrole nitrogens is 1. The van der Waals surface area contributed by atoms with Gasteiger partial charge >= 0.3 is 0 Å². The Morgan fingerprint density at radius 1 is 1.55 bits per heavy atom. The standard InChI is InChI=1S/C5H3N3O2S/c11-5-7-6-4(10-5)3-1-2-9-8-3/h1-2H,(H,7,11). The summed E-state index contributed by atoms with van der Waals surface area (Å²) in [7, 11) is 0. The van der Waals surface area contributed by atoms with Crippen molar-refractivity contribution in [1.29, 1.82) is 0 Å². The first kappa shape index (κ1) is 6.29. The molecule has 11 heavy (non-hydrogen) atoms. The first-order valence-electron chi connectivity index (χ1n) is 2.82. The zero-order valence-corrected chi connectivity index (χ0v) is 6.09. The van der Waals surface area contributed by atoms with Crippen LogP contribution < -0.4 is 0 Å². The Balaban J connectivity index is 2.53. The van der Waals surface area contributed by atoms with E-state index in [1.165, 1.54) is 6.26 Å². The average molecular weight is 169 g/mol. The highest BCUT2D eigenvalue weighted by Crippen LogP contribution is 2.12. The molecule has 2 aromatic rings. The van der Waals surface area contributed by atoms with Gasteiger partial charge in [0, 0.05) is 6.07 Å². The first-order chi connectivity index (χ1) is 5.36. The summed E-state index contributed by atoms with van der Waals surface area (Å²) in [4.78, 5) is 0.225. The Kier molecular flexibility index (Phi) is 1.32. The van der Waals surface area contributed by atoms with Crippen LogP contribution in [0, 0.1) is 4.84 Å². The lowest BCUT2D eigenvalue weighted by molar-refractivity contribution is 0.418. The van der Waals surface area contributed by atoms with Crippen LogP contribution in [-0.2, 0) is 0 Å². The summed E-state index contributed by atoms with van der Waals surface area (Å²) in [5.41, 5.74) is 0.525. The van der Waals surface area contributed by atoms with Gasteiger partial charge in [0.2, 0.25) is 0 Å². The molecule has 2 aromatic heterocycles. The van der Waals surface area contributed by atoms with E-state index >= 15 is 0 Å². The van der Waals surface area contributed by atoms with E-state index in [9.17, 15) is 0 Å². The number of hydrogen-bond acceptors (Lipinski definition) is 5. The second-order valence-electron chi connectivity index (χ2n) is 1.80. The highest BCUT2D eigenvalue weighted by molar-refractivity contribution is 7.71. The third-order valence-corrected chi connectivity index (χ3v) is 1.27. The van der Waals surface area contributed by atoms with E-state index in [1.54, 1.807) is 6.07 Å². The molecule has 0 fully saturated rings. The van der Waals surface area contributed by atoms with Crippen molar-refractivity contribution >= 4 is 12.2 Å². The molecule has 6 heteroatoms. The van der Waals surface area contributed by atoms with Crippen LogP contribution in [0.3, 0.4) is 0 Å². The Morgan fingerprint density at radius 3 is 3.00 bits per heavy atom. The Hall–Kier alpha value is -1.43. The molecular formula is C5H3N3O2S. The van der Waals surface area contributed by atoms with E-state index in [2.05, 4.69) is 32.1 Å². The summed E-state index contributed by atoms with van der Waals surface area (Å²) in [5, 5.41) is 9.82. The fourth-order valence-corrected chi connectivity index (χ4v) is 0.787. The van der Waals surface area contributed by atoms with Crippen molar-refractivity contribution in [3.63, 3.8) is 0 Å². The van der Waals surface area contributed by atoms with Crippen molar-refractivity contribution in [1.82, 2.24) is 15.4 Å². The number of nitrogens with one attached hydrogen (secondary N) is 1. The van der Waals surface area contributed by atoms with E-state index in [0.29, 0.717) is 11.6 Å². The van der Waals surface area contributed by atoms with E-state index < -0.39 is 0 Å². The smallest absolute Gasteiger partial charge is 0.284 e. The second-order valence-corrected chi connectivity index (χ2v) is 2.17. The molecule has 0 saturated heterocycles. The number of nitrogens with zero attached hydrogens (tertiary/aromatic N) is 2. The number of aromatic amines is 1. The van der Waals surface area contributed by atoms with Gasteiger partial charge in [-0.2, -0.15) is 0 Å². The second kappa shape index (κ2) is 2.31. The lowest BCUT2D eigenvalue weighted by atomic mass is 10.4. The molecule has 56 valence electrons. The lowest BCUT2D eigenvalue weighted by Crippen LogP contribution is -1.74. The van der Waals surface area contributed by atoms with Crippen LogP contribution in [0.25, 0.3) is 11.6 Å². The van der Waals surface area contributed by atoms with Crippen molar-refractivity contribution < 1.29 is 8.94 Å². The summed E-state index contributed by atoms with van der Waals surface area (Å²) in [6.07, 6.45) is 1.43.